The number of hydrogen-bond donors (Lipinski definition) is 4. The summed E-state index contributed by atoms with van der Waals surface area (Å²) in [4.78, 5) is 2.84. The topological polar surface area (TPSA) is 93.4 Å². The molecule has 1 saturated heterocycles. The lowest BCUT2D eigenvalue weighted by atomic mass is 10.0. The van der Waals surface area contributed by atoms with Crippen LogP contribution in [0.15, 0.2) is 29.2 Å². The van der Waals surface area contributed by atoms with Gasteiger partial charge in [-0.3, -0.25) is 0 Å². The van der Waals surface area contributed by atoms with E-state index in [-0.39, 0.29) is 0 Å². The molecular weight excluding hydrogens is 294 g/mol. The molecule has 1 aromatic rings. The van der Waals surface area contributed by atoms with Gasteiger partial charge in [0.1, 0.15) is 29.9 Å². The molecule has 5 atom stereocenters. The second-order valence-electron chi connectivity index (χ2n) is 5.20. The molecule has 0 aliphatic carbocycles. The lowest BCUT2D eigenvalue weighted by molar-refractivity contribution is -0.205. The third-order valence-electron chi connectivity index (χ3n) is 3.45. The largest absolute Gasteiger partial charge is 0.394 e. The van der Waals surface area contributed by atoms with Crippen molar-refractivity contribution in [3.8, 4) is 0 Å². The predicted octanol–water partition coefficient (Wildman–Crippen LogP) is -0.355. The average molecular weight is 315 g/mol. The molecule has 0 amide bonds. The second kappa shape index (κ2) is 6.95. The summed E-state index contributed by atoms with van der Waals surface area (Å²) in [6.07, 6.45) is -4.75. The van der Waals surface area contributed by atoms with Crippen molar-refractivity contribution in [2.75, 3.05) is 25.6 Å². The first-order valence-corrected chi connectivity index (χ1v) is 7.56. The summed E-state index contributed by atoms with van der Waals surface area (Å²) in [5, 5.41) is 38.6. The predicted molar refractivity (Wildman–Crippen MR) is 80.4 cm³/mol. The van der Waals surface area contributed by atoms with Gasteiger partial charge in [0.15, 0.2) is 0 Å². The molecule has 1 aromatic carbocycles. The summed E-state index contributed by atoms with van der Waals surface area (Å²) in [6, 6.07) is 7.65. The van der Waals surface area contributed by atoms with E-state index in [9.17, 15) is 15.3 Å². The van der Waals surface area contributed by atoms with Gasteiger partial charge in [-0.05, 0) is 24.3 Å². The smallest absolute Gasteiger partial charge is 0.136 e. The lowest BCUT2D eigenvalue weighted by Gasteiger charge is -2.39. The van der Waals surface area contributed by atoms with E-state index >= 15 is 0 Å². The summed E-state index contributed by atoms with van der Waals surface area (Å²) in [7, 11) is 3.89. The van der Waals surface area contributed by atoms with E-state index in [2.05, 4.69) is 0 Å². The lowest BCUT2D eigenvalue weighted by Crippen LogP contribution is -2.57. The van der Waals surface area contributed by atoms with Gasteiger partial charge in [-0.25, -0.2) is 0 Å². The molecule has 6 nitrogen and oxygen atoms in total. The molecule has 0 saturated carbocycles. The Morgan fingerprint density at radius 2 is 1.67 bits per heavy atom. The van der Waals surface area contributed by atoms with E-state index in [1.54, 1.807) is 0 Å². The van der Waals surface area contributed by atoms with Crippen LogP contribution in [0.5, 0.6) is 0 Å². The van der Waals surface area contributed by atoms with Gasteiger partial charge in [-0.15, -0.1) is 0 Å². The first-order valence-electron chi connectivity index (χ1n) is 6.68. The van der Waals surface area contributed by atoms with E-state index in [1.165, 1.54) is 11.8 Å². The summed E-state index contributed by atoms with van der Waals surface area (Å²) in [5.74, 6) is 0. The van der Waals surface area contributed by atoms with Crippen LogP contribution in [0.3, 0.4) is 0 Å². The number of hydrogen-bond acceptors (Lipinski definition) is 7. The average Bonchev–Trinajstić information content (AvgIpc) is 2.48. The van der Waals surface area contributed by atoms with E-state index < -0.39 is 36.5 Å². The zero-order valence-electron chi connectivity index (χ0n) is 12.0. The van der Waals surface area contributed by atoms with Crippen molar-refractivity contribution in [3.05, 3.63) is 24.3 Å². The molecule has 1 unspecified atom stereocenters. The highest BCUT2D eigenvalue weighted by Gasteiger charge is 2.43. The van der Waals surface area contributed by atoms with Gasteiger partial charge in [0, 0.05) is 24.7 Å². The number of benzene rings is 1. The van der Waals surface area contributed by atoms with Crippen molar-refractivity contribution in [3.63, 3.8) is 0 Å². The Kier molecular flexibility index (Phi) is 5.48. The van der Waals surface area contributed by atoms with Crippen LogP contribution >= 0.6 is 11.8 Å². The highest BCUT2D eigenvalue weighted by atomic mass is 32.2. The molecule has 2 rings (SSSR count). The van der Waals surface area contributed by atoms with Gasteiger partial charge in [0.25, 0.3) is 0 Å². The summed E-state index contributed by atoms with van der Waals surface area (Å²) >= 11 is 1.25. The SMILES string of the molecule is CN(C)c1ccc(SC2O[C@H](CO)[C@@H](O)[C@H](O)[C@H]2O)cc1. The minimum atomic E-state index is -1.34. The number of thioether (sulfide) groups is 1. The van der Waals surface area contributed by atoms with Crippen molar-refractivity contribution in [2.45, 2.75) is 34.7 Å². The first-order chi connectivity index (χ1) is 9.93. The molecule has 118 valence electrons. The fourth-order valence-electron chi connectivity index (χ4n) is 2.12. The molecule has 1 aliphatic heterocycles. The number of aliphatic hydroxyl groups is 4. The molecule has 21 heavy (non-hydrogen) atoms. The standard InChI is InChI=1S/C14H21NO5S/c1-15(2)8-3-5-9(6-4-8)21-14-13(19)12(18)11(17)10(7-16)20-14/h3-6,10-14,16-19H,7H2,1-2H3/t10-,11-,12+,13-,14?/m1/s1. The van der Waals surface area contributed by atoms with Crippen molar-refractivity contribution in [1.82, 2.24) is 0 Å². The summed E-state index contributed by atoms with van der Waals surface area (Å²) in [5.41, 5.74) is 0.305. The Bertz CT molecular complexity index is 453. The molecule has 4 N–H and O–H groups in total. The van der Waals surface area contributed by atoms with Crippen molar-refractivity contribution < 1.29 is 25.2 Å². The van der Waals surface area contributed by atoms with Crippen molar-refractivity contribution in [1.29, 1.82) is 0 Å². The van der Waals surface area contributed by atoms with Crippen LogP contribution in [-0.2, 0) is 4.74 Å². The summed E-state index contributed by atoms with van der Waals surface area (Å²) in [6.45, 7) is -0.415. The molecule has 1 heterocycles. The van der Waals surface area contributed by atoms with Crippen LogP contribution in [0.4, 0.5) is 5.69 Å². The fourth-order valence-corrected chi connectivity index (χ4v) is 3.18. The molecular formula is C14H21NO5S. The van der Waals surface area contributed by atoms with Crippen LogP contribution < -0.4 is 4.90 Å². The molecule has 0 aromatic heterocycles. The van der Waals surface area contributed by atoms with Crippen LogP contribution in [0.25, 0.3) is 0 Å². The molecule has 0 bridgehead atoms. The normalized spacial score (nSPS) is 33.0. The van der Waals surface area contributed by atoms with Gasteiger partial charge in [0.2, 0.25) is 0 Å². The molecule has 1 fully saturated rings. The molecule has 7 heteroatoms. The van der Waals surface area contributed by atoms with Crippen LogP contribution in [-0.4, -0.2) is 71.0 Å². The van der Waals surface area contributed by atoms with E-state index in [1.807, 2.05) is 43.3 Å². The number of ether oxygens (including phenoxy) is 1. The molecule has 0 spiro atoms. The van der Waals surface area contributed by atoms with Gasteiger partial charge in [-0.2, -0.15) is 0 Å². The van der Waals surface area contributed by atoms with E-state index in [4.69, 9.17) is 9.84 Å². The molecule has 1 aliphatic rings. The van der Waals surface area contributed by atoms with Gasteiger partial charge in [-0.1, -0.05) is 11.8 Å². The van der Waals surface area contributed by atoms with Crippen LogP contribution in [0.2, 0.25) is 0 Å². The number of nitrogens with zero attached hydrogens (tertiary/aromatic N) is 1. The van der Waals surface area contributed by atoms with Gasteiger partial charge >= 0.3 is 0 Å². The third-order valence-corrected chi connectivity index (χ3v) is 4.62. The quantitative estimate of drug-likeness (QED) is 0.603. The third kappa shape index (κ3) is 3.68. The number of aliphatic hydroxyl groups excluding tert-OH is 4. The van der Waals surface area contributed by atoms with Crippen LogP contribution in [0, 0.1) is 0 Å². The minimum Gasteiger partial charge on any atom is -0.394 e. The second-order valence-corrected chi connectivity index (χ2v) is 6.38. The number of rotatable bonds is 4. The minimum absolute atomic E-state index is 0.415. The Morgan fingerprint density at radius 1 is 1.05 bits per heavy atom. The maximum absolute atomic E-state index is 9.98. The Balaban J connectivity index is 2.07. The number of anilines is 1. The van der Waals surface area contributed by atoms with Crippen molar-refractivity contribution >= 4 is 17.4 Å². The Labute approximate surface area is 128 Å². The van der Waals surface area contributed by atoms with Gasteiger partial charge in [0.05, 0.1) is 6.61 Å². The van der Waals surface area contributed by atoms with E-state index in [0.29, 0.717) is 0 Å². The van der Waals surface area contributed by atoms with Gasteiger partial charge < -0.3 is 30.1 Å². The summed E-state index contributed by atoms with van der Waals surface area (Å²) < 4.78 is 5.45. The monoisotopic (exact) mass is 315 g/mol. The van der Waals surface area contributed by atoms with Crippen LogP contribution in [0.1, 0.15) is 0 Å². The Hall–Kier alpha value is -0.830. The Morgan fingerprint density at radius 3 is 2.19 bits per heavy atom. The van der Waals surface area contributed by atoms with Crippen molar-refractivity contribution in [2.24, 2.45) is 0 Å². The van der Waals surface area contributed by atoms with E-state index in [0.717, 1.165) is 10.6 Å². The fraction of sp³-hybridized carbons (Fsp3) is 0.571. The maximum atomic E-state index is 9.98. The zero-order chi connectivity index (χ0) is 15.6. The highest BCUT2D eigenvalue weighted by Crippen LogP contribution is 2.33. The first kappa shape index (κ1) is 16.5. The zero-order valence-corrected chi connectivity index (χ0v) is 12.8. The highest BCUT2D eigenvalue weighted by molar-refractivity contribution is 7.99. The maximum Gasteiger partial charge on any atom is 0.136 e. The molecule has 0 radical (unpaired) electrons.